The van der Waals surface area contributed by atoms with Crippen molar-refractivity contribution in [3.8, 4) is 11.1 Å². The average molecular weight is 506 g/mol. The first-order chi connectivity index (χ1) is 16.2. The summed E-state index contributed by atoms with van der Waals surface area (Å²) in [5, 5.41) is 9.85. The number of amides is 1. The molecule has 4 rings (SSSR count). The van der Waals surface area contributed by atoms with Crippen LogP contribution in [0, 0.1) is 5.92 Å². The molecule has 1 heterocycles. The van der Waals surface area contributed by atoms with Crippen LogP contribution < -0.4 is 0 Å². The zero-order chi connectivity index (χ0) is 24.5. The molecule has 1 aliphatic carbocycles. The van der Waals surface area contributed by atoms with Gasteiger partial charge in [0.15, 0.2) is 0 Å². The number of halogens is 3. The largest absolute Gasteiger partial charge is 0.480 e. The van der Waals surface area contributed by atoms with Gasteiger partial charge in [0, 0.05) is 0 Å². The lowest BCUT2D eigenvalue weighted by atomic mass is 9.83. The molecule has 34 heavy (non-hydrogen) atoms. The van der Waals surface area contributed by atoms with Crippen LogP contribution >= 0.6 is 24.0 Å². The lowest BCUT2D eigenvalue weighted by Crippen LogP contribution is -2.48. The Bertz CT molecular complexity index is 1140. The van der Waals surface area contributed by atoms with Crippen LogP contribution in [0.25, 0.3) is 17.2 Å². The van der Waals surface area contributed by atoms with Gasteiger partial charge in [-0.1, -0.05) is 85.7 Å². The molecule has 0 aromatic heterocycles. The summed E-state index contributed by atoms with van der Waals surface area (Å²) < 4.78 is 40.3. The van der Waals surface area contributed by atoms with Gasteiger partial charge in [0.2, 0.25) is 0 Å². The molecule has 0 unspecified atom stereocenters. The van der Waals surface area contributed by atoms with Gasteiger partial charge >= 0.3 is 12.1 Å². The van der Waals surface area contributed by atoms with E-state index < -0.39 is 29.7 Å². The van der Waals surface area contributed by atoms with E-state index in [1.165, 1.54) is 17.0 Å². The summed E-state index contributed by atoms with van der Waals surface area (Å²) >= 11 is 6.42. The molecule has 2 aromatic carbocycles. The van der Waals surface area contributed by atoms with E-state index in [-0.39, 0.29) is 15.8 Å². The number of carbonyl (C=O) groups excluding carboxylic acids is 1. The normalized spacial score (nSPS) is 19.6. The van der Waals surface area contributed by atoms with E-state index in [1.807, 2.05) is 0 Å². The van der Waals surface area contributed by atoms with Crippen molar-refractivity contribution in [1.82, 2.24) is 4.90 Å². The molecule has 178 valence electrons. The Morgan fingerprint density at radius 3 is 2.35 bits per heavy atom. The summed E-state index contributed by atoms with van der Waals surface area (Å²) in [4.78, 5) is 26.7. The number of nitrogens with zero attached hydrogens (tertiary/aromatic N) is 1. The Labute approximate surface area is 204 Å². The number of carbonyl (C=O) groups is 2. The summed E-state index contributed by atoms with van der Waals surface area (Å²) in [6.45, 7) is 0. The van der Waals surface area contributed by atoms with Crippen LogP contribution in [0.2, 0.25) is 0 Å². The van der Waals surface area contributed by atoms with Crippen molar-refractivity contribution in [2.24, 2.45) is 5.92 Å². The second kappa shape index (κ2) is 9.92. The molecule has 1 atom stereocenters. The number of hydrogen-bond donors (Lipinski definition) is 1. The summed E-state index contributed by atoms with van der Waals surface area (Å²) in [7, 11) is 0. The van der Waals surface area contributed by atoms with Gasteiger partial charge < -0.3 is 5.11 Å². The van der Waals surface area contributed by atoms with Crippen molar-refractivity contribution < 1.29 is 27.9 Å². The van der Waals surface area contributed by atoms with E-state index >= 15 is 0 Å². The molecule has 2 fully saturated rings. The van der Waals surface area contributed by atoms with Gasteiger partial charge in [0.05, 0.1) is 10.5 Å². The molecule has 1 amide bonds. The number of thioether (sulfide) groups is 1. The molecular weight excluding hydrogens is 483 g/mol. The van der Waals surface area contributed by atoms with E-state index in [4.69, 9.17) is 12.2 Å². The van der Waals surface area contributed by atoms with Gasteiger partial charge in [0.25, 0.3) is 5.91 Å². The van der Waals surface area contributed by atoms with Crippen LogP contribution in [0.15, 0.2) is 53.4 Å². The van der Waals surface area contributed by atoms with Crippen LogP contribution in [-0.4, -0.2) is 32.2 Å². The first kappa shape index (κ1) is 24.5. The SMILES string of the molecule is O=C(O)[C@H](C1CCCCC1)N1C(=O)/C(=C/c2ccc(-c3ccccc3C(F)(F)F)cc2)SC1=S. The predicted molar refractivity (Wildman–Crippen MR) is 130 cm³/mol. The van der Waals surface area contributed by atoms with Gasteiger partial charge in [-0.05, 0) is 47.6 Å². The van der Waals surface area contributed by atoms with E-state index in [0.717, 1.165) is 49.9 Å². The minimum atomic E-state index is -4.47. The van der Waals surface area contributed by atoms with Crippen molar-refractivity contribution >= 4 is 46.3 Å². The minimum absolute atomic E-state index is 0.0738. The highest BCUT2D eigenvalue weighted by Crippen LogP contribution is 2.40. The van der Waals surface area contributed by atoms with Crippen LogP contribution in [0.4, 0.5) is 13.2 Å². The number of carboxylic acid groups (broad SMARTS) is 1. The van der Waals surface area contributed by atoms with Crippen molar-refractivity contribution in [3.05, 3.63) is 64.6 Å². The number of aliphatic carboxylic acids is 1. The molecule has 0 bridgehead atoms. The Hall–Kier alpha value is -2.65. The third-order valence-electron chi connectivity index (χ3n) is 6.20. The van der Waals surface area contributed by atoms with Gasteiger partial charge in [-0.25, -0.2) is 4.79 Å². The van der Waals surface area contributed by atoms with E-state index in [2.05, 4.69) is 0 Å². The third kappa shape index (κ3) is 5.05. The smallest absolute Gasteiger partial charge is 0.417 e. The highest BCUT2D eigenvalue weighted by Gasteiger charge is 2.44. The Balaban J connectivity index is 1.58. The van der Waals surface area contributed by atoms with Crippen molar-refractivity contribution in [1.29, 1.82) is 0 Å². The highest BCUT2D eigenvalue weighted by atomic mass is 32.2. The van der Waals surface area contributed by atoms with Gasteiger partial charge in [-0.2, -0.15) is 13.2 Å². The monoisotopic (exact) mass is 505 g/mol. The third-order valence-corrected chi connectivity index (χ3v) is 7.53. The fourth-order valence-corrected chi connectivity index (χ4v) is 5.91. The first-order valence-electron chi connectivity index (χ1n) is 10.9. The summed E-state index contributed by atoms with van der Waals surface area (Å²) in [5.41, 5.74) is 0.370. The molecule has 0 spiro atoms. The lowest BCUT2D eigenvalue weighted by molar-refractivity contribution is -0.147. The zero-order valence-electron chi connectivity index (χ0n) is 18.0. The molecule has 2 aromatic rings. The number of thiocarbonyl (C=S) groups is 1. The Morgan fingerprint density at radius 2 is 1.74 bits per heavy atom. The number of carboxylic acids is 1. The Morgan fingerprint density at radius 1 is 1.09 bits per heavy atom. The maximum Gasteiger partial charge on any atom is 0.417 e. The van der Waals surface area contributed by atoms with Crippen LogP contribution in [0.5, 0.6) is 0 Å². The van der Waals surface area contributed by atoms with Crippen LogP contribution in [0.1, 0.15) is 43.2 Å². The topological polar surface area (TPSA) is 57.6 Å². The summed E-state index contributed by atoms with van der Waals surface area (Å²) in [6, 6.07) is 10.8. The number of benzene rings is 2. The number of rotatable bonds is 5. The fourth-order valence-electron chi connectivity index (χ4n) is 4.58. The van der Waals surface area contributed by atoms with Crippen molar-refractivity contribution in [2.75, 3.05) is 0 Å². The van der Waals surface area contributed by atoms with Crippen LogP contribution in [0.3, 0.4) is 0 Å². The quantitative estimate of drug-likeness (QED) is 0.366. The second-order valence-corrected chi connectivity index (χ2v) is 10.1. The minimum Gasteiger partial charge on any atom is -0.480 e. The molecule has 1 saturated carbocycles. The first-order valence-corrected chi connectivity index (χ1v) is 12.2. The second-order valence-electron chi connectivity index (χ2n) is 8.40. The highest BCUT2D eigenvalue weighted by molar-refractivity contribution is 8.26. The summed E-state index contributed by atoms with van der Waals surface area (Å²) in [6.07, 6.45) is 1.54. The predicted octanol–water partition coefficient (Wildman–Crippen LogP) is 6.61. The maximum atomic E-state index is 13.3. The Kier molecular flexibility index (Phi) is 7.14. The maximum absolute atomic E-state index is 13.3. The molecule has 0 radical (unpaired) electrons. The molecule has 9 heteroatoms. The van der Waals surface area contributed by atoms with Crippen molar-refractivity contribution in [3.63, 3.8) is 0 Å². The molecule has 2 aliphatic rings. The fraction of sp³-hybridized carbons (Fsp3) is 0.320. The van der Waals surface area contributed by atoms with E-state index in [1.54, 1.807) is 36.4 Å². The standard InChI is InChI=1S/C25H22F3NO3S2/c26-25(27,28)19-9-5-4-8-18(19)16-12-10-15(11-13-16)14-20-22(30)29(24(33)34-20)21(23(31)32)17-6-2-1-3-7-17/h4-5,8-14,17,21H,1-3,6-7H2,(H,31,32)/b20-14-/t21-/m0/s1. The van der Waals surface area contributed by atoms with Crippen molar-refractivity contribution in [2.45, 2.75) is 44.3 Å². The van der Waals surface area contributed by atoms with Gasteiger partial charge in [0.1, 0.15) is 10.4 Å². The average Bonchev–Trinajstić information content (AvgIpc) is 3.07. The summed E-state index contributed by atoms with van der Waals surface area (Å²) in [5.74, 6) is -1.64. The van der Waals surface area contributed by atoms with Gasteiger partial charge in [-0.15, -0.1) is 0 Å². The van der Waals surface area contributed by atoms with Gasteiger partial charge in [-0.3, -0.25) is 9.69 Å². The van der Waals surface area contributed by atoms with Crippen LogP contribution in [-0.2, 0) is 15.8 Å². The number of hydrogen-bond acceptors (Lipinski definition) is 4. The molecule has 4 nitrogen and oxygen atoms in total. The number of alkyl halides is 3. The zero-order valence-corrected chi connectivity index (χ0v) is 19.7. The molecular formula is C25H22F3NO3S2. The van der Waals surface area contributed by atoms with E-state index in [0.29, 0.717) is 16.0 Å². The molecule has 1 aliphatic heterocycles. The lowest BCUT2D eigenvalue weighted by Gasteiger charge is -2.32. The molecule has 1 N–H and O–H groups in total. The molecule has 1 saturated heterocycles. The van der Waals surface area contributed by atoms with E-state index in [9.17, 15) is 27.9 Å².